The molecule has 0 spiro atoms. The van der Waals surface area contributed by atoms with Crippen molar-refractivity contribution in [1.82, 2.24) is 5.32 Å². The fourth-order valence-corrected chi connectivity index (χ4v) is 3.87. The summed E-state index contributed by atoms with van der Waals surface area (Å²) in [5.41, 5.74) is 1.61. The van der Waals surface area contributed by atoms with Crippen molar-refractivity contribution in [3.63, 3.8) is 0 Å². The van der Waals surface area contributed by atoms with E-state index in [9.17, 15) is 0 Å². The van der Waals surface area contributed by atoms with Crippen molar-refractivity contribution in [3.05, 3.63) is 33.8 Å². The van der Waals surface area contributed by atoms with Crippen molar-refractivity contribution in [2.24, 2.45) is 11.3 Å². The topological polar surface area (TPSA) is 12.0 Å². The second kappa shape index (κ2) is 6.89. The van der Waals surface area contributed by atoms with Gasteiger partial charge in [0.1, 0.15) is 0 Å². The number of hydrogen-bond acceptors (Lipinski definition) is 1. The minimum absolute atomic E-state index is 0.380. The van der Waals surface area contributed by atoms with Crippen LogP contribution in [0.1, 0.15) is 58.4 Å². The van der Waals surface area contributed by atoms with E-state index in [4.69, 9.17) is 23.2 Å². The lowest BCUT2D eigenvalue weighted by molar-refractivity contribution is 0.158. The summed E-state index contributed by atoms with van der Waals surface area (Å²) in [7, 11) is 0. The molecule has 21 heavy (non-hydrogen) atoms. The van der Waals surface area contributed by atoms with E-state index in [1.165, 1.54) is 24.8 Å². The van der Waals surface area contributed by atoms with Crippen LogP contribution in [-0.2, 0) is 0 Å². The van der Waals surface area contributed by atoms with Crippen LogP contribution in [0.3, 0.4) is 0 Å². The van der Waals surface area contributed by atoms with Gasteiger partial charge in [-0.15, -0.1) is 0 Å². The standard InChI is InChI=1S/C18H27Cl2N/c1-12(2)21-11-13-7-8-18(3,4)10-16(13)15-9-14(19)5-6-17(15)20/h5-6,9,12-13,16,21H,7-8,10-11H2,1-4H3. The number of rotatable bonds is 4. The first-order valence-electron chi connectivity index (χ1n) is 7.97. The summed E-state index contributed by atoms with van der Waals surface area (Å²) in [4.78, 5) is 0. The third-order valence-electron chi connectivity index (χ3n) is 4.68. The van der Waals surface area contributed by atoms with Crippen LogP contribution in [0.4, 0.5) is 0 Å². The number of hydrogen-bond donors (Lipinski definition) is 1. The molecule has 1 aromatic carbocycles. The average Bonchev–Trinajstić information content (AvgIpc) is 2.39. The minimum atomic E-state index is 0.380. The molecule has 0 heterocycles. The van der Waals surface area contributed by atoms with E-state index >= 15 is 0 Å². The summed E-state index contributed by atoms with van der Waals surface area (Å²) in [5.74, 6) is 1.13. The third-order valence-corrected chi connectivity index (χ3v) is 5.26. The van der Waals surface area contributed by atoms with Gasteiger partial charge >= 0.3 is 0 Å². The summed E-state index contributed by atoms with van der Waals surface area (Å²) in [6, 6.07) is 6.41. The summed E-state index contributed by atoms with van der Waals surface area (Å²) < 4.78 is 0. The lowest BCUT2D eigenvalue weighted by Gasteiger charge is -2.42. The zero-order valence-electron chi connectivity index (χ0n) is 13.5. The van der Waals surface area contributed by atoms with Gasteiger partial charge in [0.15, 0.2) is 0 Å². The smallest absolute Gasteiger partial charge is 0.0441 e. The van der Waals surface area contributed by atoms with E-state index in [1.807, 2.05) is 12.1 Å². The Morgan fingerprint density at radius 1 is 1.29 bits per heavy atom. The Bertz CT molecular complexity index is 480. The Balaban J connectivity index is 2.26. The monoisotopic (exact) mass is 327 g/mol. The quantitative estimate of drug-likeness (QED) is 0.725. The predicted octanol–water partition coefficient (Wildman–Crippen LogP) is 5.90. The highest BCUT2D eigenvalue weighted by Gasteiger charge is 2.36. The summed E-state index contributed by atoms with van der Waals surface area (Å²) in [6.07, 6.45) is 3.71. The maximum atomic E-state index is 6.47. The predicted molar refractivity (Wildman–Crippen MR) is 93.5 cm³/mol. The molecular weight excluding hydrogens is 301 g/mol. The van der Waals surface area contributed by atoms with E-state index in [1.54, 1.807) is 0 Å². The van der Waals surface area contributed by atoms with E-state index in [0.717, 1.165) is 16.6 Å². The maximum absolute atomic E-state index is 6.47. The Morgan fingerprint density at radius 2 is 2.00 bits per heavy atom. The molecule has 1 saturated carbocycles. The van der Waals surface area contributed by atoms with Crippen LogP contribution in [0.15, 0.2) is 18.2 Å². The van der Waals surface area contributed by atoms with Gasteiger partial charge in [-0.05, 0) is 66.8 Å². The first-order valence-corrected chi connectivity index (χ1v) is 8.72. The van der Waals surface area contributed by atoms with Crippen LogP contribution in [-0.4, -0.2) is 12.6 Å². The van der Waals surface area contributed by atoms with E-state index in [-0.39, 0.29) is 0 Å². The third kappa shape index (κ3) is 4.61. The SMILES string of the molecule is CC(C)NCC1CCC(C)(C)CC1c1cc(Cl)ccc1Cl. The zero-order valence-corrected chi connectivity index (χ0v) is 15.1. The molecule has 1 N–H and O–H groups in total. The van der Waals surface area contributed by atoms with Crippen molar-refractivity contribution >= 4 is 23.2 Å². The van der Waals surface area contributed by atoms with Gasteiger partial charge in [-0.1, -0.05) is 50.9 Å². The Hall–Kier alpha value is -0.240. The van der Waals surface area contributed by atoms with Crippen molar-refractivity contribution in [2.75, 3.05) is 6.54 Å². The molecule has 2 unspecified atom stereocenters. The van der Waals surface area contributed by atoms with Crippen molar-refractivity contribution in [1.29, 1.82) is 0 Å². The molecular formula is C18H27Cl2N. The molecule has 1 nitrogen and oxygen atoms in total. The second-order valence-corrected chi connectivity index (χ2v) is 8.35. The molecule has 118 valence electrons. The molecule has 0 bridgehead atoms. The van der Waals surface area contributed by atoms with E-state index < -0.39 is 0 Å². The average molecular weight is 328 g/mol. The summed E-state index contributed by atoms with van der Waals surface area (Å²) in [6.45, 7) is 10.2. The lowest BCUT2D eigenvalue weighted by atomic mass is 9.65. The van der Waals surface area contributed by atoms with Gasteiger partial charge in [-0.2, -0.15) is 0 Å². The van der Waals surface area contributed by atoms with Crippen LogP contribution < -0.4 is 5.32 Å². The molecule has 0 aliphatic heterocycles. The van der Waals surface area contributed by atoms with Gasteiger partial charge in [0.2, 0.25) is 0 Å². The fourth-order valence-electron chi connectivity index (χ4n) is 3.44. The molecule has 1 aromatic rings. The van der Waals surface area contributed by atoms with Crippen molar-refractivity contribution < 1.29 is 0 Å². The van der Waals surface area contributed by atoms with Crippen LogP contribution in [0.25, 0.3) is 0 Å². The maximum Gasteiger partial charge on any atom is 0.0441 e. The number of halogens is 2. The van der Waals surface area contributed by atoms with Crippen LogP contribution in [0.2, 0.25) is 10.0 Å². The Morgan fingerprint density at radius 3 is 2.67 bits per heavy atom. The van der Waals surface area contributed by atoms with Gasteiger partial charge in [0.25, 0.3) is 0 Å². The molecule has 1 aliphatic rings. The highest BCUT2D eigenvalue weighted by molar-refractivity contribution is 6.33. The van der Waals surface area contributed by atoms with Gasteiger partial charge in [0, 0.05) is 16.1 Å². The molecule has 0 aromatic heterocycles. The highest BCUT2D eigenvalue weighted by atomic mass is 35.5. The molecule has 2 atom stereocenters. The molecule has 0 saturated heterocycles. The fraction of sp³-hybridized carbons (Fsp3) is 0.667. The Kier molecular flexibility index (Phi) is 5.62. The summed E-state index contributed by atoms with van der Waals surface area (Å²) in [5, 5.41) is 5.24. The van der Waals surface area contributed by atoms with E-state index in [2.05, 4.69) is 39.1 Å². The number of nitrogens with one attached hydrogen (secondary N) is 1. The molecule has 1 aliphatic carbocycles. The van der Waals surface area contributed by atoms with Crippen LogP contribution in [0, 0.1) is 11.3 Å². The summed E-state index contributed by atoms with van der Waals surface area (Å²) >= 11 is 12.7. The largest absolute Gasteiger partial charge is 0.314 e. The molecule has 2 rings (SSSR count). The highest BCUT2D eigenvalue weighted by Crippen LogP contribution is 2.48. The molecule has 0 radical (unpaired) electrons. The zero-order chi connectivity index (χ0) is 15.6. The molecule has 0 amide bonds. The lowest BCUT2D eigenvalue weighted by Crippen LogP contribution is -2.37. The van der Waals surface area contributed by atoms with Crippen LogP contribution in [0.5, 0.6) is 0 Å². The first-order chi connectivity index (χ1) is 9.78. The molecule has 3 heteroatoms. The number of benzene rings is 1. The van der Waals surface area contributed by atoms with Crippen LogP contribution >= 0.6 is 23.2 Å². The first kappa shape index (κ1) is 17.1. The van der Waals surface area contributed by atoms with Gasteiger partial charge in [0.05, 0.1) is 0 Å². The normalized spacial score (nSPS) is 25.3. The van der Waals surface area contributed by atoms with E-state index in [0.29, 0.717) is 23.3 Å². The van der Waals surface area contributed by atoms with Gasteiger partial charge < -0.3 is 5.32 Å². The van der Waals surface area contributed by atoms with Gasteiger partial charge in [-0.3, -0.25) is 0 Å². The van der Waals surface area contributed by atoms with Crippen molar-refractivity contribution in [2.45, 2.75) is 58.9 Å². The Labute approximate surface area is 139 Å². The van der Waals surface area contributed by atoms with Crippen molar-refractivity contribution in [3.8, 4) is 0 Å². The second-order valence-electron chi connectivity index (χ2n) is 7.50. The van der Waals surface area contributed by atoms with Gasteiger partial charge in [-0.25, -0.2) is 0 Å². The molecule has 1 fully saturated rings. The minimum Gasteiger partial charge on any atom is -0.314 e.